The van der Waals surface area contributed by atoms with E-state index in [9.17, 15) is 5.21 Å². The molecule has 1 aromatic carbocycles. The molecule has 0 aliphatic rings. The van der Waals surface area contributed by atoms with Crippen LogP contribution in [0.25, 0.3) is 21.9 Å². The van der Waals surface area contributed by atoms with Crippen molar-refractivity contribution in [1.82, 2.24) is 14.6 Å². The molecule has 156 valence electrons. The van der Waals surface area contributed by atoms with Gasteiger partial charge in [-0.05, 0) is 63.7 Å². The van der Waals surface area contributed by atoms with Gasteiger partial charge >= 0.3 is 0 Å². The van der Waals surface area contributed by atoms with Gasteiger partial charge in [0.05, 0.1) is 18.0 Å². The lowest BCUT2D eigenvalue weighted by Gasteiger charge is -2.18. The highest BCUT2D eigenvalue weighted by atomic mass is 35.5. The van der Waals surface area contributed by atoms with Crippen LogP contribution in [-0.2, 0) is 0 Å². The molecular weight excluding hydrogens is 388 g/mol. The predicted octanol–water partition coefficient (Wildman–Crippen LogP) is 4.50. The summed E-state index contributed by atoms with van der Waals surface area (Å²) in [6, 6.07) is 9.06. The van der Waals surface area contributed by atoms with Crippen molar-refractivity contribution in [2.24, 2.45) is 4.99 Å². The van der Waals surface area contributed by atoms with E-state index in [0.29, 0.717) is 27.5 Å². The van der Waals surface area contributed by atoms with Gasteiger partial charge in [0.25, 0.3) is 0 Å². The van der Waals surface area contributed by atoms with Gasteiger partial charge in [0.1, 0.15) is 11.0 Å². The van der Waals surface area contributed by atoms with E-state index in [4.69, 9.17) is 21.3 Å². The Kier molecular flexibility index (Phi) is 6.98. The Balaban J connectivity index is 2.10. The van der Waals surface area contributed by atoms with E-state index in [1.165, 1.54) is 0 Å². The van der Waals surface area contributed by atoms with Crippen molar-refractivity contribution in [1.29, 1.82) is 0 Å². The first-order valence-corrected chi connectivity index (χ1v) is 10.5. The number of hydrogen-bond acceptors (Lipinski definition) is 5. The van der Waals surface area contributed by atoms with Crippen LogP contribution in [0.15, 0.2) is 35.3 Å². The molecule has 0 fully saturated rings. The van der Waals surface area contributed by atoms with E-state index in [0.717, 1.165) is 47.9 Å². The van der Waals surface area contributed by atoms with Crippen LogP contribution in [0.2, 0.25) is 5.02 Å². The van der Waals surface area contributed by atoms with Crippen LogP contribution < -0.4 is 10.1 Å². The van der Waals surface area contributed by atoms with Crippen molar-refractivity contribution in [2.75, 3.05) is 26.7 Å². The molecule has 0 radical (unpaired) electrons. The van der Waals surface area contributed by atoms with E-state index < -0.39 is 0 Å². The molecule has 6 nitrogen and oxygen atoms in total. The molecule has 2 aromatic heterocycles. The molecule has 0 saturated heterocycles. The smallest absolute Gasteiger partial charge is 0.213 e. The van der Waals surface area contributed by atoms with E-state index in [2.05, 4.69) is 30.7 Å². The summed E-state index contributed by atoms with van der Waals surface area (Å²) in [5.41, 5.74) is 1.78. The normalized spacial score (nSPS) is 13.5. The van der Waals surface area contributed by atoms with Gasteiger partial charge in [-0.15, -0.1) is 0 Å². The fourth-order valence-corrected chi connectivity index (χ4v) is 3.76. The Morgan fingerprint density at radius 2 is 1.97 bits per heavy atom. The average molecular weight is 417 g/mol. The third-order valence-electron chi connectivity index (χ3n) is 5.29. The van der Waals surface area contributed by atoms with Gasteiger partial charge in [-0.3, -0.25) is 4.99 Å². The lowest BCUT2D eigenvalue weighted by molar-refractivity contribution is 0.211. The number of aromatic nitrogens is 2. The Labute approximate surface area is 176 Å². The van der Waals surface area contributed by atoms with Gasteiger partial charge in [0.2, 0.25) is 5.88 Å². The van der Waals surface area contributed by atoms with Gasteiger partial charge in [-0.2, -0.15) is 4.73 Å². The van der Waals surface area contributed by atoms with Crippen LogP contribution in [0.3, 0.4) is 0 Å². The largest absolute Gasteiger partial charge is 0.481 e. The molecule has 3 aromatic rings. The summed E-state index contributed by atoms with van der Waals surface area (Å²) in [5.74, 6) is 0.483. The number of halogens is 1. The van der Waals surface area contributed by atoms with Crippen LogP contribution in [0.5, 0.6) is 5.88 Å². The predicted molar refractivity (Wildman–Crippen MR) is 118 cm³/mol. The number of rotatable bonds is 8. The van der Waals surface area contributed by atoms with Crippen molar-refractivity contribution in [3.8, 4) is 5.88 Å². The van der Waals surface area contributed by atoms with E-state index in [1.54, 1.807) is 31.4 Å². The molecule has 0 amide bonds. The monoisotopic (exact) mass is 416 g/mol. The number of pyridine rings is 2. The van der Waals surface area contributed by atoms with E-state index in [-0.39, 0.29) is 6.04 Å². The topological polar surface area (TPSA) is 62.9 Å². The molecule has 2 heterocycles. The Morgan fingerprint density at radius 3 is 2.66 bits per heavy atom. The zero-order chi connectivity index (χ0) is 21.0. The summed E-state index contributed by atoms with van der Waals surface area (Å²) in [6.45, 7) is 9.70. The minimum absolute atomic E-state index is 0.121. The average Bonchev–Trinajstić information content (AvgIpc) is 2.73. The zero-order valence-corrected chi connectivity index (χ0v) is 18.3. The van der Waals surface area contributed by atoms with Crippen molar-refractivity contribution in [3.63, 3.8) is 0 Å². The number of methoxy groups -OCH3 is 1. The summed E-state index contributed by atoms with van der Waals surface area (Å²) in [5, 5.41) is 12.9. The van der Waals surface area contributed by atoms with Gasteiger partial charge in [0, 0.05) is 22.5 Å². The molecule has 3 rings (SSSR count). The molecule has 0 bridgehead atoms. The molecule has 0 aliphatic heterocycles. The van der Waals surface area contributed by atoms with Crippen molar-refractivity contribution >= 4 is 33.5 Å². The number of nitrogens with zero attached hydrogens (tertiary/aromatic N) is 4. The maximum absolute atomic E-state index is 10.7. The minimum atomic E-state index is 0.121. The molecule has 1 N–H and O–H groups in total. The lowest BCUT2D eigenvalue weighted by atomic mass is 10.1. The first-order valence-electron chi connectivity index (χ1n) is 10.1. The fraction of sp³-hybridized carbons (Fsp3) is 0.455. The molecule has 29 heavy (non-hydrogen) atoms. The summed E-state index contributed by atoms with van der Waals surface area (Å²) in [4.78, 5) is 12.0. The van der Waals surface area contributed by atoms with E-state index in [1.807, 2.05) is 6.07 Å². The number of fused-ring (bicyclic) bond motifs is 2. The summed E-state index contributed by atoms with van der Waals surface area (Å²) in [7, 11) is 1.58. The summed E-state index contributed by atoms with van der Waals surface area (Å²) >= 11 is 6.18. The molecule has 0 spiro atoms. The quantitative estimate of drug-likeness (QED) is 0.433. The second kappa shape index (κ2) is 9.46. The highest BCUT2D eigenvalue weighted by Gasteiger charge is 2.13. The maximum atomic E-state index is 10.7. The molecule has 1 atom stereocenters. The summed E-state index contributed by atoms with van der Waals surface area (Å²) < 4.78 is 6.42. The van der Waals surface area contributed by atoms with Crippen molar-refractivity contribution in [2.45, 2.75) is 39.7 Å². The van der Waals surface area contributed by atoms with Crippen molar-refractivity contribution < 1.29 is 9.94 Å². The molecular formula is C22H29ClN4O2. The number of hydrogen-bond donors (Lipinski definition) is 1. The van der Waals surface area contributed by atoms with Gasteiger partial charge < -0.3 is 14.8 Å². The highest BCUT2D eigenvalue weighted by molar-refractivity contribution is 6.31. The van der Waals surface area contributed by atoms with Gasteiger partial charge in [0.15, 0.2) is 0 Å². The van der Waals surface area contributed by atoms with Crippen LogP contribution in [0, 0.1) is 0 Å². The zero-order valence-electron chi connectivity index (χ0n) is 17.5. The Bertz CT molecular complexity index is 1060. The number of benzene rings is 1. The third kappa shape index (κ3) is 4.65. The second-order valence-corrected chi connectivity index (χ2v) is 7.63. The van der Waals surface area contributed by atoms with Gasteiger partial charge in [-0.25, -0.2) is 4.98 Å². The molecule has 1 unspecified atom stereocenters. The third-order valence-corrected chi connectivity index (χ3v) is 5.53. The lowest BCUT2D eigenvalue weighted by Crippen LogP contribution is -2.24. The first kappa shape index (κ1) is 21.4. The summed E-state index contributed by atoms with van der Waals surface area (Å²) in [6.07, 6.45) is 2.06. The minimum Gasteiger partial charge on any atom is -0.481 e. The Morgan fingerprint density at radius 1 is 1.21 bits per heavy atom. The van der Waals surface area contributed by atoms with Crippen LogP contribution in [0.1, 0.15) is 33.6 Å². The van der Waals surface area contributed by atoms with Crippen LogP contribution in [-0.4, -0.2) is 52.6 Å². The molecule has 7 heteroatoms. The first-order chi connectivity index (χ1) is 14.0. The van der Waals surface area contributed by atoms with Crippen molar-refractivity contribution in [3.05, 3.63) is 40.7 Å². The molecule has 0 saturated carbocycles. The standard InChI is InChI=1S/C22H29ClN4O2/c1-5-26(6-2)13-7-8-15(3)24-21-17-10-9-16(23)14-19(17)27(28)18-11-12-20(29-4)25-22(18)21/h9-12,14-15,28H,5-8,13H2,1-4H3. The Hall–Kier alpha value is -2.31. The SMILES string of the molecule is CCN(CC)CCCC(C)N=c1c2ccc(Cl)cc2n(O)c2ccc(OC)nc12. The fourth-order valence-electron chi connectivity index (χ4n) is 3.60. The van der Waals surface area contributed by atoms with Gasteiger partial charge in [-0.1, -0.05) is 25.4 Å². The molecule has 0 aliphatic carbocycles. The maximum Gasteiger partial charge on any atom is 0.213 e. The number of ether oxygens (including phenoxy) is 1. The second-order valence-electron chi connectivity index (χ2n) is 7.19. The van der Waals surface area contributed by atoms with Crippen LogP contribution in [0.4, 0.5) is 0 Å². The van der Waals surface area contributed by atoms with Crippen LogP contribution >= 0.6 is 11.6 Å². The highest BCUT2D eigenvalue weighted by Crippen LogP contribution is 2.22. The van der Waals surface area contributed by atoms with E-state index >= 15 is 0 Å².